The highest BCUT2D eigenvalue weighted by atomic mass is 17.3. The standard InChI is InChI=1S/C20H24O4/c1-10(2)13-5-6-19-9-22-20(24-23-19)12(4)8-15-17(20)16(19)14(13)7-11(3)18(15)21/h7,12-14,16H,1,5-6,8-9H2,2-4H3/t12-,13-,14-,16-,19+,20+/m0/s1. The molecule has 6 rings (SSSR count). The molecule has 0 unspecified atom stereocenters. The van der Waals surface area contributed by atoms with Crippen LogP contribution in [0.15, 0.2) is 34.9 Å². The summed E-state index contributed by atoms with van der Waals surface area (Å²) in [6.07, 6.45) is 4.77. The van der Waals surface area contributed by atoms with Gasteiger partial charge in [0.2, 0.25) is 5.79 Å². The summed E-state index contributed by atoms with van der Waals surface area (Å²) in [5.41, 5.74) is 3.59. The highest BCUT2D eigenvalue weighted by molar-refractivity contribution is 6.09. The Kier molecular flexibility index (Phi) is 2.81. The third kappa shape index (κ3) is 1.53. The van der Waals surface area contributed by atoms with Gasteiger partial charge < -0.3 is 4.74 Å². The SMILES string of the molecule is C=C(C)[C@@H]1CC[C@]23CO[C@]4(OO2)C2=C(C[C@@H]4C)C(=O)C(C)=C[C@@H]1[C@@H]23. The molecule has 0 radical (unpaired) electrons. The number of ether oxygens (including phenoxy) is 1. The van der Waals surface area contributed by atoms with Crippen LogP contribution in [-0.4, -0.2) is 23.8 Å². The van der Waals surface area contributed by atoms with Gasteiger partial charge in [0.25, 0.3) is 0 Å². The van der Waals surface area contributed by atoms with Gasteiger partial charge in [0.1, 0.15) is 5.60 Å². The van der Waals surface area contributed by atoms with Gasteiger partial charge in [0, 0.05) is 23.0 Å². The molecule has 0 amide bonds. The van der Waals surface area contributed by atoms with E-state index < -0.39 is 11.4 Å². The van der Waals surface area contributed by atoms with Gasteiger partial charge in [-0.15, -0.1) is 0 Å². The zero-order valence-corrected chi connectivity index (χ0v) is 14.6. The second-order valence-corrected chi connectivity index (χ2v) is 8.41. The minimum Gasteiger partial charge on any atom is -0.341 e. The van der Waals surface area contributed by atoms with Crippen LogP contribution in [0.25, 0.3) is 0 Å². The summed E-state index contributed by atoms with van der Waals surface area (Å²) in [6.45, 7) is 10.9. The van der Waals surface area contributed by atoms with Gasteiger partial charge in [0.15, 0.2) is 5.78 Å². The number of hydrogen-bond donors (Lipinski definition) is 0. The van der Waals surface area contributed by atoms with Crippen LogP contribution in [0.1, 0.15) is 40.0 Å². The van der Waals surface area contributed by atoms with Crippen LogP contribution < -0.4 is 0 Å². The molecule has 128 valence electrons. The van der Waals surface area contributed by atoms with E-state index in [2.05, 4.69) is 26.5 Å². The average molecular weight is 328 g/mol. The van der Waals surface area contributed by atoms with E-state index >= 15 is 0 Å². The summed E-state index contributed by atoms with van der Waals surface area (Å²) in [5, 5.41) is 0. The van der Waals surface area contributed by atoms with Crippen molar-refractivity contribution in [2.75, 3.05) is 6.61 Å². The van der Waals surface area contributed by atoms with Crippen LogP contribution in [0.2, 0.25) is 0 Å². The third-order valence-corrected chi connectivity index (χ3v) is 7.04. The van der Waals surface area contributed by atoms with Crippen LogP contribution in [-0.2, 0) is 19.3 Å². The lowest BCUT2D eigenvalue weighted by atomic mass is 9.58. The lowest BCUT2D eigenvalue weighted by Crippen LogP contribution is -2.68. The second-order valence-electron chi connectivity index (χ2n) is 8.41. The van der Waals surface area contributed by atoms with Crippen molar-refractivity contribution in [1.29, 1.82) is 0 Å². The van der Waals surface area contributed by atoms with Crippen molar-refractivity contribution < 1.29 is 19.3 Å². The Bertz CT molecular complexity index is 720. The summed E-state index contributed by atoms with van der Waals surface area (Å²) >= 11 is 0. The van der Waals surface area contributed by atoms with E-state index in [-0.39, 0.29) is 23.5 Å². The van der Waals surface area contributed by atoms with Crippen molar-refractivity contribution in [1.82, 2.24) is 0 Å². The zero-order chi connectivity index (χ0) is 16.9. The Hall–Kier alpha value is -1.23. The molecule has 1 saturated carbocycles. The molecule has 2 bridgehead atoms. The fourth-order valence-corrected chi connectivity index (χ4v) is 5.85. The first-order valence-electron chi connectivity index (χ1n) is 9.02. The van der Waals surface area contributed by atoms with E-state index in [1.54, 1.807) is 0 Å². The summed E-state index contributed by atoms with van der Waals surface area (Å²) in [7, 11) is 0. The van der Waals surface area contributed by atoms with Crippen molar-refractivity contribution in [3.05, 3.63) is 34.9 Å². The minimum atomic E-state index is -0.856. The molecule has 4 nitrogen and oxygen atoms in total. The molecule has 24 heavy (non-hydrogen) atoms. The fraction of sp³-hybridized carbons (Fsp3) is 0.650. The number of carbonyl (C=O) groups is 1. The van der Waals surface area contributed by atoms with Crippen LogP contribution in [0, 0.1) is 23.7 Å². The van der Waals surface area contributed by atoms with Gasteiger partial charge >= 0.3 is 0 Å². The molecule has 4 fully saturated rings. The molecule has 6 atom stereocenters. The highest BCUT2D eigenvalue weighted by Gasteiger charge is 2.70. The summed E-state index contributed by atoms with van der Waals surface area (Å²) in [5.74, 6) is 0.193. The lowest BCUT2D eigenvalue weighted by Gasteiger charge is -2.61. The molecule has 0 aromatic carbocycles. The van der Waals surface area contributed by atoms with Crippen LogP contribution in [0.5, 0.6) is 0 Å². The second kappa shape index (κ2) is 4.48. The van der Waals surface area contributed by atoms with Crippen molar-refractivity contribution in [2.24, 2.45) is 23.7 Å². The van der Waals surface area contributed by atoms with Crippen molar-refractivity contribution in [3.8, 4) is 0 Å². The topological polar surface area (TPSA) is 44.8 Å². The van der Waals surface area contributed by atoms with E-state index in [1.807, 2.05) is 6.92 Å². The molecule has 0 N–H and O–H groups in total. The molecule has 6 aliphatic rings. The predicted molar refractivity (Wildman–Crippen MR) is 87.7 cm³/mol. The maximum absolute atomic E-state index is 13.0. The van der Waals surface area contributed by atoms with E-state index in [9.17, 15) is 4.79 Å². The van der Waals surface area contributed by atoms with Crippen LogP contribution >= 0.6 is 0 Å². The summed E-state index contributed by atoms with van der Waals surface area (Å²) in [4.78, 5) is 24.9. The van der Waals surface area contributed by atoms with E-state index in [4.69, 9.17) is 14.5 Å². The Labute approximate surface area is 142 Å². The van der Waals surface area contributed by atoms with Gasteiger partial charge in [0.05, 0.1) is 6.61 Å². The normalized spacial score (nSPS) is 49.0. The molecule has 4 heteroatoms. The van der Waals surface area contributed by atoms with E-state index in [1.165, 1.54) is 5.57 Å². The lowest BCUT2D eigenvalue weighted by molar-refractivity contribution is -0.542. The minimum absolute atomic E-state index is 0.0986. The van der Waals surface area contributed by atoms with Gasteiger partial charge in [-0.2, -0.15) is 4.89 Å². The number of fused-ring (bicyclic) bond motifs is 2. The molecule has 3 saturated heterocycles. The smallest absolute Gasteiger partial charge is 0.227 e. The molecule has 2 spiro atoms. The number of ketones is 1. The van der Waals surface area contributed by atoms with Gasteiger partial charge in [-0.25, -0.2) is 4.89 Å². The van der Waals surface area contributed by atoms with Crippen molar-refractivity contribution in [3.63, 3.8) is 0 Å². The van der Waals surface area contributed by atoms with Crippen molar-refractivity contribution >= 4 is 5.78 Å². The molecule has 3 heterocycles. The van der Waals surface area contributed by atoms with Gasteiger partial charge in [-0.3, -0.25) is 4.79 Å². The number of carbonyl (C=O) groups excluding carboxylic acids is 1. The Balaban J connectivity index is 1.78. The monoisotopic (exact) mass is 328 g/mol. The first kappa shape index (κ1) is 15.1. The maximum atomic E-state index is 13.0. The van der Waals surface area contributed by atoms with Crippen LogP contribution in [0.4, 0.5) is 0 Å². The predicted octanol–water partition coefficient (Wildman–Crippen LogP) is 3.50. The maximum Gasteiger partial charge on any atom is 0.227 e. The molecule has 0 aromatic rings. The number of hydrogen-bond acceptors (Lipinski definition) is 4. The fourth-order valence-electron chi connectivity index (χ4n) is 5.85. The highest BCUT2D eigenvalue weighted by Crippen LogP contribution is 2.65. The average Bonchev–Trinajstić information content (AvgIpc) is 2.80. The third-order valence-electron chi connectivity index (χ3n) is 7.04. The Morgan fingerprint density at radius 3 is 2.83 bits per heavy atom. The molecule has 3 aliphatic heterocycles. The Morgan fingerprint density at radius 1 is 1.38 bits per heavy atom. The van der Waals surface area contributed by atoms with Gasteiger partial charge in [-0.1, -0.05) is 25.2 Å². The zero-order valence-electron chi connectivity index (χ0n) is 14.6. The first-order valence-corrected chi connectivity index (χ1v) is 9.02. The van der Waals surface area contributed by atoms with Gasteiger partial charge in [-0.05, 0) is 50.5 Å². The van der Waals surface area contributed by atoms with Crippen LogP contribution in [0.3, 0.4) is 0 Å². The van der Waals surface area contributed by atoms with Crippen molar-refractivity contribution in [2.45, 2.75) is 51.4 Å². The molecule has 3 aliphatic carbocycles. The van der Waals surface area contributed by atoms with E-state index in [0.717, 1.165) is 29.6 Å². The summed E-state index contributed by atoms with van der Waals surface area (Å²) < 4.78 is 6.25. The quantitative estimate of drug-likeness (QED) is 0.546. The molecular weight excluding hydrogens is 304 g/mol. The molecular formula is C20H24O4. The largest absolute Gasteiger partial charge is 0.341 e. The number of rotatable bonds is 1. The Morgan fingerprint density at radius 2 is 2.17 bits per heavy atom. The number of Topliss-reactive ketones (excluding diaryl/α,β-unsaturated/α-hetero) is 1. The summed E-state index contributed by atoms with van der Waals surface area (Å²) in [6, 6.07) is 0. The van der Waals surface area contributed by atoms with E-state index in [0.29, 0.717) is 18.9 Å². The molecule has 0 aromatic heterocycles. The first-order chi connectivity index (χ1) is 11.4. The number of allylic oxidation sites excluding steroid dienone is 4.